The van der Waals surface area contributed by atoms with Gasteiger partial charge in [0.1, 0.15) is 0 Å². The number of carbonyl (C=O) groups excluding carboxylic acids is 2. The molecule has 120 valence electrons. The van der Waals surface area contributed by atoms with Crippen molar-refractivity contribution in [2.24, 2.45) is 11.8 Å². The average molecular weight is 324 g/mol. The highest BCUT2D eigenvalue weighted by atomic mass is 35.5. The maximum absolute atomic E-state index is 12.2. The molecule has 6 heteroatoms. The minimum absolute atomic E-state index is 0. The molecule has 0 radical (unpaired) electrons. The molecule has 0 bridgehead atoms. The van der Waals surface area contributed by atoms with Crippen LogP contribution in [-0.2, 0) is 9.59 Å². The molecule has 0 saturated carbocycles. The Kier molecular flexibility index (Phi) is 5.42. The number of carbonyl (C=O) groups is 2. The number of nitrogens with zero attached hydrogens (tertiary/aromatic N) is 1. The lowest BCUT2D eigenvalue weighted by Crippen LogP contribution is -2.48. The van der Waals surface area contributed by atoms with Gasteiger partial charge in [0.15, 0.2) is 0 Å². The normalized spacial score (nSPS) is 19.3. The van der Waals surface area contributed by atoms with Crippen LogP contribution in [0.1, 0.15) is 19.8 Å². The highest BCUT2D eigenvalue weighted by molar-refractivity contribution is 5.97. The van der Waals surface area contributed by atoms with Gasteiger partial charge in [0.25, 0.3) is 0 Å². The first-order valence-electron chi connectivity index (χ1n) is 7.57. The largest absolute Gasteiger partial charge is 0.326 e. The molecule has 0 aliphatic carbocycles. The average Bonchev–Trinajstić information content (AvgIpc) is 2.83. The molecule has 0 aromatic heterocycles. The van der Waals surface area contributed by atoms with Gasteiger partial charge in [-0.3, -0.25) is 9.59 Å². The molecule has 3 rings (SSSR count). The van der Waals surface area contributed by atoms with Gasteiger partial charge in [-0.2, -0.15) is 0 Å². The first-order chi connectivity index (χ1) is 10.1. The summed E-state index contributed by atoms with van der Waals surface area (Å²) >= 11 is 0. The van der Waals surface area contributed by atoms with Gasteiger partial charge >= 0.3 is 0 Å². The predicted octanol–water partition coefficient (Wildman–Crippen LogP) is 2.03. The lowest BCUT2D eigenvalue weighted by molar-refractivity contribution is -0.121. The van der Waals surface area contributed by atoms with Crippen molar-refractivity contribution < 1.29 is 9.59 Å². The fourth-order valence-electron chi connectivity index (χ4n) is 2.81. The zero-order valence-corrected chi connectivity index (χ0v) is 13.5. The SMILES string of the molecule is CC(C(=O)Nc1cccc(N2CCCC2=O)c1)C1CNC1.Cl. The molecule has 2 aliphatic heterocycles. The van der Waals surface area contributed by atoms with E-state index in [1.807, 2.05) is 31.2 Å². The Labute approximate surface area is 136 Å². The van der Waals surface area contributed by atoms with Crippen LogP contribution in [0.4, 0.5) is 11.4 Å². The van der Waals surface area contributed by atoms with E-state index in [4.69, 9.17) is 0 Å². The number of rotatable bonds is 4. The predicted molar refractivity (Wildman–Crippen MR) is 89.4 cm³/mol. The summed E-state index contributed by atoms with van der Waals surface area (Å²) in [5.74, 6) is 0.635. The number of nitrogens with one attached hydrogen (secondary N) is 2. The maximum Gasteiger partial charge on any atom is 0.227 e. The topological polar surface area (TPSA) is 61.4 Å². The second kappa shape index (κ2) is 7.11. The van der Waals surface area contributed by atoms with Crippen LogP contribution in [0.3, 0.4) is 0 Å². The van der Waals surface area contributed by atoms with Gasteiger partial charge in [0.05, 0.1) is 0 Å². The van der Waals surface area contributed by atoms with E-state index in [1.165, 1.54) is 0 Å². The number of halogens is 1. The molecule has 2 amide bonds. The van der Waals surface area contributed by atoms with Crippen molar-refractivity contribution in [3.8, 4) is 0 Å². The summed E-state index contributed by atoms with van der Waals surface area (Å²) < 4.78 is 0. The van der Waals surface area contributed by atoms with E-state index in [1.54, 1.807) is 4.90 Å². The quantitative estimate of drug-likeness (QED) is 0.891. The molecule has 2 saturated heterocycles. The van der Waals surface area contributed by atoms with Gasteiger partial charge in [-0.25, -0.2) is 0 Å². The van der Waals surface area contributed by atoms with Crippen molar-refractivity contribution in [1.29, 1.82) is 0 Å². The van der Waals surface area contributed by atoms with Gasteiger partial charge in [-0.05, 0) is 43.6 Å². The van der Waals surface area contributed by atoms with Crippen molar-refractivity contribution in [2.45, 2.75) is 19.8 Å². The molecule has 1 unspecified atom stereocenters. The van der Waals surface area contributed by atoms with Crippen LogP contribution in [0.2, 0.25) is 0 Å². The Morgan fingerprint density at radius 2 is 2.18 bits per heavy atom. The first-order valence-corrected chi connectivity index (χ1v) is 7.57. The Balaban J connectivity index is 0.00000176. The number of benzene rings is 1. The molecular formula is C16H22ClN3O2. The molecule has 1 aromatic carbocycles. The molecular weight excluding hydrogens is 302 g/mol. The standard InChI is InChI=1S/C16H21N3O2.ClH/c1-11(12-9-17-10-12)16(21)18-13-4-2-5-14(8-13)19-7-3-6-15(19)20;/h2,4-5,8,11-12,17H,3,6-7,9-10H2,1H3,(H,18,21);1H. The molecule has 2 N–H and O–H groups in total. The van der Waals surface area contributed by atoms with Crippen molar-refractivity contribution in [2.75, 3.05) is 29.9 Å². The summed E-state index contributed by atoms with van der Waals surface area (Å²) in [4.78, 5) is 25.8. The Hall–Kier alpha value is -1.59. The van der Waals surface area contributed by atoms with E-state index >= 15 is 0 Å². The second-order valence-corrected chi connectivity index (χ2v) is 5.90. The number of hydrogen-bond donors (Lipinski definition) is 2. The molecule has 0 spiro atoms. The maximum atomic E-state index is 12.2. The highest BCUT2D eigenvalue weighted by Gasteiger charge is 2.29. The van der Waals surface area contributed by atoms with E-state index in [9.17, 15) is 9.59 Å². The Morgan fingerprint density at radius 1 is 1.41 bits per heavy atom. The summed E-state index contributed by atoms with van der Waals surface area (Å²) in [6, 6.07) is 7.55. The molecule has 5 nitrogen and oxygen atoms in total. The fourth-order valence-corrected chi connectivity index (χ4v) is 2.81. The summed E-state index contributed by atoms with van der Waals surface area (Å²) in [5, 5.41) is 6.15. The van der Waals surface area contributed by atoms with Crippen molar-refractivity contribution >= 4 is 35.6 Å². The van der Waals surface area contributed by atoms with E-state index in [0.717, 1.165) is 37.4 Å². The van der Waals surface area contributed by atoms with Gasteiger partial charge < -0.3 is 15.5 Å². The lowest BCUT2D eigenvalue weighted by atomic mass is 9.88. The molecule has 2 heterocycles. The van der Waals surface area contributed by atoms with Crippen LogP contribution in [-0.4, -0.2) is 31.4 Å². The summed E-state index contributed by atoms with van der Waals surface area (Å²) in [7, 11) is 0. The van der Waals surface area contributed by atoms with Crippen molar-refractivity contribution in [1.82, 2.24) is 5.32 Å². The Bertz CT molecular complexity index is 560. The molecule has 2 aliphatic rings. The van der Waals surface area contributed by atoms with Crippen LogP contribution in [0, 0.1) is 11.8 Å². The fraction of sp³-hybridized carbons (Fsp3) is 0.500. The smallest absolute Gasteiger partial charge is 0.227 e. The molecule has 1 atom stereocenters. The van der Waals surface area contributed by atoms with E-state index in [2.05, 4.69) is 10.6 Å². The monoisotopic (exact) mass is 323 g/mol. The zero-order chi connectivity index (χ0) is 14.8. The zero-order valence-electron chi connectivity index (χ0n) is 12.7. The van der Waals surface area contributed by atoms with Crippen molar-refractivity contribution in [3.63, 3.8) is 0 Å². The lowest BCUT2D eigenvalue weighted by Gasteiger charge is -2.31. The molecule has 1 aromatic rings. The highest BCUT2D eigenvalue weighted by Crippen LogP contribution is 2.25. The first kappa shape index (κ1) is 16.8. The third-order valence-electron chi connectivity index (χ3n) is 4.43. The van der Waals surface area contributed by atoms with E-state index in [0.29, 0.717) is 12.3 Å². The third kappa shape index (κ3) is 3.42. The minimum Gasteiger partial charge on any atom is -0.326 e. The van der Waals surface area contributed by atoms with Crippen LogP contribution in [0.25, 0.3) is 0 Å². The number of anilines is 2. The van der Waals surface area contributed by atoms with E-state index in [-0.39, 0.29) is 30.1 Å². The van der Waals surface area contributed by atoms with Gasteiger partial charge in [0, 0.05) is 30.3 Å². The van der Waals surface area contributed by atoms with Crippen LogP contribution < -0.4 is 15.5 Å². The third-order valence-corrected chi connectivity index (χ3v) is 4.43. The second-order valence-electron chi connectivity index (χ2n) is 5.90. The summed E-state index contributed by atoms with van der Waals surface area (Å²) in [6.45, 7) is 4.56. The summed E-state index contributed by atoms with van der Waals surface area (Å²) in [5.41, 5.74) is 1.63. The van der Waals surface area contributed by atoms with Gasteiger partial charge in [-0.1, -0.05) is 13.0 Å². The van der Waals surface area contributed by atoms with Gasteiger partial charge in [0.2, 0.25) is 11.8 Å². The molecule has 22 heavy (non-hydrogen) atoms. The molecule has 2 fully saturated rings. The van der Waals surface area contributed by atoms with Crippen LogP contribution >= 0.6 is 12.4 Å². The minimum atomic E-state index is 0. The van der Waals surface area contributed by atoms with Crippen LogP contribution in [0.5, 0.6) is 0 Å². The summed E-state index contributed by atoms with van der Waals surface area (Å²) in [6.07, 6.45) is 1.52. The number of hydrogen-bond acceptors (Lipinski definition) is 3. The number of amides is 2. The van der Waals surface area contributed by atoms with Crippen LogP contribution in [0.15, 0.2) is 24.3 Å². The van der Waals surface area contributed by atoms with E-state index < -0.39 is 0 Å². The Morgan fingerprint density at radius 3 is 2.77 bits per heavy atom. The van der Waals surface area contributed by atoms with Crippen molar-refractivity contribution in [3.05, 3.63) is 24.3 Å². The van der Waals surface area contributed by atoms with Gasteiger partial charge in [-0.15, -0.1) is 12.4 Å².